The van der Waals surface area contributed by atoms with Gasteiger partial charge in [-0.2, -0.15) is 0 Å². The molecular weight excluding hydrogens is 967 g/mol. The number of aliphatic hydroxyl groups excluding tert-OH is 1. The molecule has 3 aliphatic rings. The summed E-state index contributed by atoms with van der Waals surface area (Å²) in [6.45, 7) is 7.40. The lowest BCUT2D eigenvalue weighted by molar-refractivity contribution is -0.124. The average molecular weight is 1040 g/mol. The third-order valence-electron chi connectivity index (χ3n) is 14.9. The number of alkyl halides is 1. The largest absolute Gasteiger partial charge is 0.495 e. The van der Waals surface area contributed by atoms with E-state index in [0.717, 1.165) is 96.3 Å². The molecule has 16 heteroatoms. The molecule has 1 aromatic heterocycles. The molecule has 4 atom stereocenters. The molecule has 0 radical (unpaired) electrons. The van der Waals surface area contributed by atoms with Crippen molar-refractivity contribution in [2.45, 2.75) is 122 Å². The summed E-state index contributed by atoms with van der Waals surface area (Å²) in [5.74, 6) is 6.92. The van der Waals surface area contributed by atoms with Crippen LogP contribution < -0.4 is 41.0 Å². The Morgan fingerprint density at radius 1 is 0.921 bits per heavy atom. The van der Waals surface area contributed by atoms with Gasteiger partial charge in [0.15, 0.2) is 0 Å². The van der Waals surface area contributed by atoms with Gasteiger partial charge in [-0.1, -0.05) is 75.4 Å². The molecule has 2 fully saturated rings. The van der Waals surface area contributed by atoms with E-state index in [1.54, 1.807) is 0 Å². The van der Waals surface area contributed by atoms with E-state index < -0.39 is 17.9 Å². The molecule has 14 nitrogen and oxygen atoms in total. The summed E-state index contributed by atoms with van der Waals surface area (Å²) >= 11 is 0. The quantitative estimate of drug-likeness (QED) is 0.0276. The van der Waals surface area contributed by atoms with Crippen LogP contribution in [0.5, 0.6) is 11.5 Å². The second-order valence-corrected chi connectivity index (χ2v) is 21.2. The minimum atomic E-state index is -0.955. The molecule has 8 rings (SSSR count). The number of likely N-dealkylation sites (tertiary alicyclic amines) is 1. The van der Waals surface area contributed by atoms with Gasteiger partial charge in [0.05, 0.1) is 54.8 Å². The lowest BCUT2D eigenvalue weighted by Gasteiger charge is -2.37. The summed E-state index contributed by atoms with van der Waals surface area (Å²) < 4.78 is 44.4. The molecular formula is C60H76F2N8O6. The molecule has 76 heavy (non-hydrogen) atoms. The second-order valence-electron chi connectivity index (χ2n) is 21.2. The van der Waals surface area contributed by atoms with E-state index >= 15 is 4.39 Å². The summed E-state index contributed by atoms with van der Waals surface area (Å²) in [6.07, 6.45) is 7.20. The van der Waals surface area contributed by atoms with Gasteiger partial charge in [0.2, 0.25) is 11.8 Å². The van der Waals surface area contributed by atoms with Crippen molar-refractivity contribution in [3.63, 3.8) is 0 Å². The molecule has 6 N–H and O–H groups in total. The Morgan fingerprint density at radius 3 is 2.45 bits per heavy atom. The number of fused-ring (bicyclic) bond motifs is 2. The Hall–Kier alpha value is -6.83. The van der Waals surface area contributed by atoms with Crippen LogP contribution in [0.25, 0.3) is 10.9 Å². The minimum absolute atomic E-state index is 0.00816. The number of piperidine rings is 1. The molecule has 0 spiro atoms. The van der Waals surface area contributed by atoms with Crippen molar-refractivity contribution < 1.29 is 37.7 Å². The summed E-state index contributed by atoms with van der Waals surface area (Å²) in [5.41, 5.74) is 7.04. The van der Waals surface area contributed by atoms with Crippen molar-refractivity contribution in [1.29, 1.82) is 0 Å². The fourth-order valence-corrected chi connectivity index (χ4v) is 10.4. The predicted octanol–water partition coefficient (Wildman–Crippen LogP) is 8.58. The number of likely N-dealkylation sites (N-methyl/N-ethyl adjacent to an activating group) is 1. The fraction of sp³-hybridized carbons (Fsp3) is 0.483. The summed E-state index contributed by atoms with van der Waals surface area (Å²) in [7, 11) is 5.35. The van der Waals surface area contributed by atoms with Crippen molar-refractivity contribution in [2.75, 3.05) is 69.5 Å². The van der Waals surface area contributed by atoms with Crippen LogP contribution in [0.2, 0.25) is 0 Å². The van der Waals surface area contributed by atoms with Gasteiger partial charge in [-0.05, 0) is 110 Å². The zero-order chi connectivity index (χ0) is 53.7. The van der Waals surface area contributed by atoms with Crippen molar-refractivity contribution in [1.82, 2.24) is 25.4 Å². The topological polar surface area (TPSA) is 161 Å². The van der Waals surface area contributed by atoms with Crippen molar-refractivity contribution in [2.24, 2.45) is 11.8 Å². The van der Waals surface area contributed by atoms with Gasteiger partial charge >= 0.3 is 0 Å². The van der Waals surface area contributed by atoms with Crippen LogP contribution >= 0.6 is 0 Å². The maximum Gasteiger partial charge on any atom is 0.254 e. The van der Waals surface area contributed by atoms with Crippen LogP contribution in [-0.4, -0.2) is 111 Å². The number of carbonyl (C=O) groups is 3. The molecule has 3 amide bonds. The highest BCUT2D eigenvalue weighted by Gasteiger charge is 2.33. The molecule has 406 valence electrons. The number of nitrogens with zero attached hydrogens (tertiary/aromatic N) is 3. The fourth-order valence-electron chi connectivity index (χ4n) is 10.4. The van der Waals surface area contributed by atoms with Gasteiger partial charge in [-0.3, -0.25) is 14.4 Å². The summed E-state index contributed by atoms with van der Waals surface area (Å²) in [4.78, 5) is 42.8. The number of halogens is 2. The molecule has 5 aromatic rings. The van der Waals surface area contributed by atoms with Crippen molar-refractivity contribution >= 4 is 45.7 Å². The van der Waals surface area contributed by atoms with Gasteiger partial charge in [-0.25, -0.2) is 8.78 Å². The maximum absolute atomic E-state index is 15.4. The van der Waals surface area contributed by atoms with Gasteiger partial charge < -0.3 is 55.5 Å². The highest BCUT2D eigenvalue weighted by molar-refractivity contribution is 5.96. The number of aliphatic hydroxyl groups is 1. The van der Waals surface area contributed by atoms with Crippen LogP contribution in [0.1, 0.15) is 104 Å². The number of hydrogen-bond acceptors (Lipinski definition) is 10. The summed E-state index contributed by atoms with van der Waals surface area (Å²) in [6, 6.07) is 23.7. The molecule has 1 saturated carbocycles. The van der Waals surface area contributed by atoms with Crippen LogP contribution in [0.3, 0.4) is 0 Å². The van der Waals surface area contributed by atoms with E-state index in [9.17, 15) is 23.9 Å². The van der Waals surface area contributed by atoms with Gasteiger partial charge in [0, 0.05) is 75.1 Å². The van der Waals surface area contributed by atoms with E-state index in [1.807, 2.05) is 92.3 Å². The monoisotopic (exact) mass is 1040 g/mol. The number of hydrogen-bond donors (Lipinski definition) is 6. The lowest BCUT2D eigenvalue weighted by Crippen LogP contribution is -2.54. The number of rotatable bonds is 23. The lowest BCUT2D eigenvalue weighted by atomic mass is 9.95. The number of benzene rings is 4. The molecule has 1 aliphatic carbocycles. The van der Waals surface area contributed by atoms with E-state index in [-0.39, 0.29) is 54.6 Å². The Labute approximate surface area is 446 Å². The van der Waals surface area contributed by atoms with Crippen molar-refractivity contribution in [3.05, 3.63) is 113 Å². The number of unbranched alkanes of at least 4 members (excludes halogenated alkanes) is 4. The van der Waals surface area contributed by atoms with E-state index in [1.165, 1.54) is 32.1 Å². The van der Waals surface area contributed by atoms with Gasteiger partial charge in [0.1, 0.15) is 36.1 Å². The molecule has 1 saturated heterocycles. The standard InChI is InChI=1S/C60H76F2N8O6/c1-39(2)58-60(74)66-44(37-71)29-43-23-24-46(31-55(43)69(58)4)76-38-42-21-17-40(18-22-42)34-65-57(72)16-9-7-6-8-10-26-64-59(73)47-32-56(75-5)53(33-49(47)61)63-27-12-13-45-30-48-51(67-52-25-28-68(3)36-50(52)62)14-11-15-54(48)70(45)35-41-19-20-41/h11,14-15,17-18,21-24,30-33,39,41,44,50,52,58,63,67,71H,6-10,16,19-20,25-29,34-38H2,1-5H3,(H,64,73)(H,65,72)(H,66,74)/t44-,50-,52+,58-/m0/s1. The van der Waals surface area contributed by atoms with Crippen LogP contribution in [0.15, 0.2) is 78.9 Å². The van der Waals surface area contributed by atoms with Gasteiger partial charge in [0.25, 0.3) is 5.91 Å². The third kappa shape index (κ3) is 14.6. The number of carbonyl (C=O) groups excluding carboxylic acids is 3. The zero-order valence-electron chi connectivity index (χ0n) is 44.8. The predicted molar refractivity (Wildman–Crippen MR) is 296 cm³/mol. The first-order valence-corrected chi connectivity index (χ1v) is 27.1. The first-order valence-electron chi connectivity index (χ1n) is 27.1. The average Bonchev–Trinajstić information content (AvgIpc) is 4.17. The number of methoxy groups -OCH3 is 1. The molecule has 0 bridgehead atoms. The highest BCUT2D eigenvalue weighted by atomic mass is 19.1. The highest BCUT2D eigenvalue weighted by Crippen LogP contribution is 2.36. The third-order valence-corrected chi connectivity index (χ3v) is 14.9. The number of nitrogens with one attached hydrogen (secondary N) is 5. The number of aromatic nitrogens is 1. The first-order chi connectivity index (χ1) is 36.8. The normalized spacial score (nSPS) is 18.7. The minimum Gasteiger partial charge on any atom is -0.495 e. The Balaban J connectivity index is 0.721. The second kappa shape index (κ2) is 26.3. The van der Waals surface area contributed by atoms with Crippen molar-refractivity contribution in [3.8, 4) is 23.3 Å². The number of amides is 3. The Morgan fingerprint density at radius 2 is 1.70 bits per heavy atom. The van der Waals surface area contributed by atoms with Crippen LogP contribution in [0.4, 0.5) is 25.8 Å². The SMILES string of the molecule is COc1cc(C(=O)NCCCCCCCC(=O)NCc2ccc(COc3ccc4c(c3)N(C)[C@@H](C(C)C)C(=O)N[C@H](CO)C4)cc2)c(F)cc1NCC#Cc1cc2c(N[C@@H]3CCN(C)C[C@@H]3F)cccc2n1CC1CC1. The van der Waals surface area contributed by atoms with Gasteiger partial charge in [-0.15, -0.1) is 0 Å². The Kier molecular flexibility index (Phi) is 19.2. The molecule has 3 heterocycles. The molecule has 2 aliphatic heterocycles. The molecule has 4 aromatic carbocycles. The van der Waals surface area contributed by atoms with E-state index in [0.29, 0.717) is 62.2 Å². The van der Waals surface area contributed by atoms with Crippen LogP contribution in [-0.2, 0) is 35.7 Å². The van der Waals surface area contributed by atoms with E-state index in [2.05, 4.69) is 55.1 Å². The Bertz CT molecular complexity index is 2860. The van der Waals surface area contributed by atoms with Crippen LogP contribution in [0, 0.1) is 29.5 Å². The zero-order valence-corrected chi connectivity index (χ0v) is 44.8. The number of ether oxygens (including phenoxy) is 2. The smallest absolute Gasteiger partial charge is 0.254 e. The summed E-state index contributed by atoms with van der Waals surface area (Å²) in [5, 5.41) is 26.4. The van der Waals surface area contributed by atoms with E-state index in [4.69, 9.17) is 9.47 Å². The molecule has 0 unspecified atom stereocenters. The maximum atomic E-state index is 15.4. The number of anilines is 3. The first kappa shape index (κ1) is 55.4.